The van der Waals surface area contributed by atoms with Crippen LogP contribution in [-0.4, -0.2) is 41.9 Å². The van der Waals surface area contributed by atoms with Crippen LogP contribution in [0.25, 0.3) is 0 Å². The Morgan fingerprint density at radius 1 is 1.27 bits per heavy atom. The van der Waals surface area contributed by atoms with Gasteiger partial charge in [0.1, 0.15) is 0 Å². The van der Waals surface area contributed by atoms with Crippen LogP contribution in [0.1, 0.15) is 31.2 Å². The van der Waals surface area contributed by atoms with Gasteiger partial charge >= 0.3 is 0 Å². The van der Waals surface area contributed by atoms with Crippen molar-refractivity contribution in [3.05, 3.63) is 35.4 Å². The van der Waals surface area contributed by atoms with E-state index in [2.05, 4.69) is 4.90 Å². The fourth-order valence-electron chi connectivity index (χ4n) is 3.19. The van der Waals surface area contributed by atoms with Crippen molar-refractivity contribution in [1.82, 2.24) is 9.80 Å². The molecule has 2 fully saturated rings. The third kappa shape index (κ3) is 3.46. The highest BCUT2D eigenvalue weighted by atomic mass is 19.2. The van der Waals surface area contributed by atoms with Crippen molar-refractivity contribution in [2.75, 3.05) is 20.1 Å². The molecule has 1 saturated heterocycles. The Morgan fingerprint density at radius 2 is 2.05 bits per heavy atom. The molecule has 1 aliphatic heterocycles. The van der Waals surface area contributed by atoms with E-state index < -0.39 is 11.6 Å². The second kappa shape index (κ2) is 6.32. The lowest BCUT2D eigenvalue weighted by molar-refractivity contribution is -0.134. The first-order chi connectivity index (χ1) is 10.5. The van der Waals surface area contributed by atoms with E-state index in [1.807, 2.05) is 11.9 Å². The number of nitrogens with zero attached hydrogens (tertiary/aromatic N) is 2. The fraction of sp³-hybridized carbons (Fsp3) is 0.588. The lowest BCUT2D eigenvalue weighted by atomic mass is 10.0. The summed E-state index contributed by atoms with van der Waals surface area (Å²) >= 11 is 0. The van der Waals surface area contributed by atoms with Gasteiger partial charge in [0.2, 0.25) is 5.91 Å². The number of benzene rings is 1. The van der Waals surface area contributed by atoms with Gasteiger partial charge in [0.15, 0.2) is 11.6 Å². The Bertz CT molecular complexity index is 560. The van der Waals surface area contributed by atoms with Gasteiger partial charge in [-0.2, -0.15) is 0 Å². The molecule has 1 heterocycles. The van der Waals surface area contributed by atoms with Gasteiger partial charge in [0.05, 0.1) is 0 Å². The van der Waals surface area contributed by atoms with Gasteiger partial charge in [-0.1, -0.05) is 6.07 Å². The average molecular weight is 308 g/mol. The van der Waals surface area contributed by atoms with E-state index in [1.165, 1.54) is 12.1 Å². The summed E-state index contributed by atoms with van der Waals surface area (Å²) in [6.07, 6.45) is 4.09. The highest BCUT2D eigenvalue weighted by Gasteiger charge is 2.35. The van der Waals surface area contributed by atoms with E-state index in [1.54, 1.807) is 6.07 Å². The zero-order valence-electron chi connectivity index (χ0n) is 12.9. The minimum absolute atomic E-state index is 0.229. The van der Waals surface area contributed by atoms with Crippen LogP contribution >= 0.6 is 0 Å². The van der Waals surface area contributed by atoms with Crippen LogP contribution in [0.15, 0.2) is 18.2 Å². The molecule has 3 nitrogen and oxygen atoms in total. The first kappa shape index (κ1) is 15.4. The normalized spacial score (nSPS) is 22.6. The standard InChI is InChI=1S/C17H22F2N2O/c1-20(17(22)13-5-6-13)14-3-2-8-21(11-14)10-12-4-7-15(18)16(19)9-12/h4,7,9,13-14H,2-3,5-6,8,10-11H2,1H3. The minimum atomic E-state index is -0.810. The molecule has 1 amide bonds. The molecule has 2 aliphatic rings. The maximum absolute atomic E-state index is 13.3. The molecule has 120 valence electrons. The lowest BCUT2D eigenvalue weighted by Gasteiger charge is -2.37. The highest BCUT2D eigenvalue weighted by Crippen LogP contribution is 2.32. The molecule has 1 aliphatic carbocycles. The Labute approximate surface area is 129 Å². The third-order valence-corrected chi connectivity index (χ3v) is 4.69. The van der Waals surface area contributed by atoms with Gasteiger partial charge in [-0.05, 0) is 49.9 Å². The number of carbonyl (C=O) groups is 1. The van der Waals surface area contributed by atoms with Gasteiger partial charge < -0.3 is 4.90 Å². The van der Waals surface area contributed by atoms with Crippen LogP contribution in [0.3, 0.4) is 0 Å². The molecule has 0 radical (unpaired) electrons. The zero-order valence-corrected chi connectivity index (χ0v) is 12.9. The molecular formula is C17H22F2N2O. The summed E-state index contributed by atoms with van der Waals surface area (Å²) in [5, 5.41) is 0. The maximum atomic E-state index is 13.3. The summed E-state index contributed by atoms with van der Waals surface area (Å²) in [5.41, 5.74) is 0.774. The van der Waals surface area contributed by atoms with E-state index in [4.69, 9.17) is 0 Å². The van der Waals surface area contributed by atoms with Crippen molar-refractivity contribution in [2.24, 2.45) is 5.92 Å². The second-order valence-corrected chi connectivity index (χ2v) is 6.50. The Hall–Kier alpha value is -1.49. The van der Waals surface area contributed by atoms with Crippen molar-refractivity contribution in [2.45, 2.75) is 38.3 Å². The predicted octanol–water partition coefficient (Wildman–Crippen LogP) is 2.80. The molecule has 22 heavy (non-hydrogen) atoms. The quantitative estimate of drug-likeness (QED) is 0.854. The average Bonchev–Trinajstić information content (AvgIpc) is 3.34. The van der Waals surface area contributed by atoms with Gasteiger partial charge in [0, 0.05) is 32.1 Å². The molecule has 0 N–H and O–H groups in total. The summed E-state index contributed by atoms with van der Waals surface area (Å²) in [6, 6.07) is 4.29. The fourth-order valence-corrected chi connectivity index (χ4v) is 3.19. The number of rotatable bonds is 4. The van der Waals surface area contributed by atoms with Crippen molar-refractivity contribution in [3.63, 3.8) is 0 Å². The number of carbonyl (C=O) groups excluding carboxylic acids is 1. The minimum Gasteiger partial charge on any atom is -0.341 e. The number of hydrogen-bond acceptors (Lipinski definition) is 2. The first-order valence-electron chi connectivity index (χ1n) is 7.97. The monoisotopic (exact) mass is 308 g/mol. The molecule has 1 saturated carbocycles. The molecular weight excluding hydrogens is 286 g/mol. The predicted molar refractivity (Wildman–Crippen MR) is 80.2 cm³/mol. The third-order valence-electron chi connectivity index (χ3n) is 4.69. The molecule has 0 spiro atoms. The topological polar surface area (TPSA) is 23.6 Å². The number of amides is 1. The highest BCUT2D eigenvalue weighted by molar-refractivity contribution is 5.81. The molecule has 3 rings (SSSR count). The van der Waals surface area contributed by atoms with E-state index in [0.717, 1.165) is 44.3 Å². The van der Waals surface area contributed by atoms with Gasteiger partial charge in [-0.25, -0.2) is 8.78 Å². The number of likely N-dealkylation sites (tertiary alicyclic amines) is 1. The van der Waals surface area contributed by atoms with Crippen LogP contribution in [0.4, 0.5) is 8.78 Å². The van der Waals surface area contributed by atoms with Crippen molar-refractivity contribution >= 4 is 5.91 Å². The molecule has 0 bridgehead atoms. The molecule has 1 aromatic carbocycles. The maximum Gasteiger partial charge on any atom is 0.225 e. The van der Waals surface area contributed by atoms with Crippen LogP contribution in [0, 0.1) is 17.6 Å². The van der Waals surface area contributed by atoms with Crippen LogP contribution in [0.2, 0.25) is 0 Å². The van der Waals surface area contributed by atoms with Crippen molar-refractivity contribution in [3.8, 4) is 0 Å². The van der Waals surface area contributed by atoms with E-state index >= 15 is 0 Å². The summed E-state index contributed by atoms with van der Waals surface area (Å²) in [5.74, 6) is -1.10. The Kier molecular flexibility index (Phi) is 4.43. The Balaban J connectivity index is 1.60. The molecule has 0 aromatic heterocycles. The van der Waals surface area contributed by atoms with Crippen molar-refractivity contribution < 1.29 is 13.6 Å². The van der Waals surface area contributed by atoms with Crippen LogP contribution in [0.5, 0.6) is 0 Å². The molecule has 1 unspecified atom stereocenters. The van der Waals surface area contributed by atoms with Gasteiger partial charge in [-0.3, -0.25) is 9.69 Å². The molecule has 5 heteroatoms. The second-order valence-electron chi connectivity index (χ2n) is 6.50. The van der Waals surface area contributed by atoms with Crippen molar-refractivity contribution in [1.29, 1.82) is 0 Å². The van der Waals surface area contributed by atoms with E-state index in [0.29, 0.717) is 6.54 Å². The summed E-state index contributed by atoms with van der Waals surface area (Å²) < 4.78 is 26.3. The number of likely N-dealkylation sites (N-methyl/N-ethyl adjacent to an activating group) is 1. The van der Waals surface area contributed by atoms with Gasteiger partial charge in [-0.15, -0.1) is 0 Å². The first-order valence-corrected chi connectivity index (χ1v) is 7.97. The largest absolute Gasteiger partial charge is 0.341 e. The SMILES string of the molecule is CN(C(=O)C1CC1)C1CCCN(Cc2ccc(F)c(F)c2)C1. The Morgan fingerprint density at radius 3 is 2.73 bits per heavy atom. The number of hydrogen-bond donors (Lipinski definition) is 0. The summed E-state index contributed by atoms with van der Waals surface area (Å²) in [4.78, 5) is 16.3. The van der Waals surface area contributed by atoms with Gasteiger partial charge in [0.25, 0.3) is 0 Å². The van der Waals surface area contributed by atoms with E-state index in [-0.39, 0.29) is 17.9 Å². The van der Waals surface area contributed by atoms with Crippen LogP contribution < -0.4 is 0 Å². The van der Waals surface area contributed by atoms with E-state index in [9.17, 15) is 13.6 Å². The summed E-state index contributed by atoms with van der Waals surface area (Å²) in [6.45, 7) is 2.33. The molecule has 1 atom stereocenters. The van der Waals surface area contributed by atoms with Crippen LogP contribution in [-0.2, 0) is 11.3 Å². The lowest BCUT2D eigenvalue weighted by Crippen LogP contribution is -2.48. The summed E-state index contributed by atoms with van der Waals surface area (Å²) in [7, 11) is 1.90. The smallest absolute Gasteiger partial charge is 0.225 e. The molecule has 1 aromatic rings. The number of piperidine rings is 1. The zero-order chi connectivity index (χ0) is 15.7. The number of halogens is 2.